The lowest BCUT2D eigenvalue weighted by atomic mass is 10.1. The molecule has 1 aliphatic heterocycles. The quantitative estimate of drug-likeness (QED) is 0.767. The van der Waals surface area contributed by atoms with Gasteiger partial charge in [-0.1, -0.05) is 6.07 Å². The van der Waals surface area contributed by atoms with Gasteiger partial charge < -0.3 is 5.32 Å². The molecule has 2 heterocycles. The van der Waals surface area contributed by atoms with E-state index in [2.05, 4.69) is 20.6 Å². The van der Waals surface area contributed by atoms with Crippen LogP contribution in [-0.2, 0) is 0 Å². The number of aromatic amines is 1. The van der Waals surface area contributed by atoms with Gasteiger partial charge in [0.2, 0.25) is 0 Å². The molecule has 0 saturated carbocycles. The maximum Gasteiger partial charge on any atom is 0.255 e. The second-order valence-electron chi connectivity index (χ2n) is 6.30. The Balaban J connectivity index is 1.55. The van der Waals surface area contributed by atoms with Gasteiger partial charge in [0.25, 0.3) is 5.91 Å². The van der Waals surface area contributed by atoms with Gasteiger partial charge in [0.1, 0.15) is 0 Å². The van der Waals surface area contributed by atoms with Crippen molar-refractivity contribution in [1.82, 2.24) is 10.2 Å². The predicted molar refractivity (Wildman–Crippen MR) is 100 cm³/mol. The lowest BCUT2D eigenvalue weighted by molar-refractivity contribution is 0.102. The Morgan fingerprint density at radius 1 is 1.16 bits per heavy atom. The first-order valence-corrected chi connectivity index (χ1v) is 8.27. The first kappa shape index (κ1) is 15.4. The SMILES string of the molecule is CC1=NN(c2ccc(C(=O)Nc3ccc(C)c4cn[nH]c34)cc2)CC1. The van der Waals surface area contributed by atoms with Crippen LogP contribution in [0.4, 0.5) is 11.4 Å². The number of nitrogens with one attached hydrogen (secondary N) is 2. The first-order chi connectivity index (χ1) is 12.1. The molecular formula is C19H19N5O. The van der Waals surface area contributed by atoms with Crippen LogP contribution in [0.2, 0.25) is 0 Å². The van der Waals surface area contributed by atoms with Gasteiger partial charge in [-0.05, 0) is 49.7 Å². The molecule has 6 nitrogen and oxygen atoms in total. The lowest BCUT2D eigenvalue weighted by Gasteiger charge is -2.14. The molecule has 0 spiro atoms. The van der Waals surface area contributed by atoms with E-state index in [0.29, 0.717) is 5.56 Å². The molecule has 1 amide bonds. The minimum Gasteiger partial charge on any atom is -0.320 e. The molecule has 1 aliphatic rings. The van der Waals surface area contributed by atoms with Crippen molar-refractivity contribution in [2.24, 2.45) is 5.10 Å². The number of fused-ring (bicyclic) bond motifs is 1. The highest BCUT2D eigenvalue weighted by molar-refractivity contribution is 6.08. The third-order valence-corrected chi connectivity index (χ3v) is 4.49. The zero-order valence-electron chi connectivity index (χ0n) is 14.2. The Morgan fingerprint density at radius 2 is 1.96 bits per heavy atom. The van der Waals surface area contributed by atoms with Gasteiger partial charge in [0, 0.05) is 29.6 Å². The average Bonchev–Trinajstić information content (AvgIpc) is 3.27. The largest absolute Gasteiger partial charge is 0.320 e. The van der Waals surface area contributed by atoms with E-state index in [-0.39, 0.29) is 5.91 Å². The number of hydrazone groups is 1. The number of amides is 1. The van der Waals surface area contributed by atoms with Crippen molar-refractivity contribution >= 4 is 33.9 Å². The van der Waals surface area contributed by atoms with Gasteiger partial charge in [0.05, 0.1) is 23.1 Å². The summed E-state index contributed by atoms with van der Waals surface area (Å²) >= 11 is 0. The number of benzene rings is 2. The number of rotatable bonds is 3. The minimum atomic E-state index is -0.146. The molecule has 3 aromatic rings. The van der Waals surface area contributed by atoms with Crippen LogP contribution in [0.15, 0.2) is 47.7 Å². The monoisotopic (exact) mass is 333 g/mol. The average molecular weight is 333 g/mol. The number of aromatic nitrogens is 2. The molecule has 126 valence electrons. The third-order valence-electron chi connectivity index (χ3n) is 4.49. The predicted octanol–water partition coefficient (Wildman–Crippen LogP) is 3.71. The summed E-state index contributed by atoms with van der Waals surface area (Å²) in [6, 6.07) is 11.4. The second-order valence-corrected chi connectivity index (χ2v) is 6.30. The van der Waals surface area contributed by atoms with E-state index in [1.54, 1.807) is 6.20 Å². The zero-order chi connectivity index (χ0) is 17.4. The number of aryl methyl sites for hydroxylation is 1. The Bertz CT molecular complexity index is 971. The van der Waals surface area contributed by atoms with E-state index in [1.165, 1.54) is 0 Å². The molecule has 0 saturated heterocycles. The summed E-state index contributed by atoms with van der Waals surface area (Å²) in [5, 5.41) is 17.4. The molecule has 0 radical (unpaired) electrons. The smallest absolute Gasteiger partial charge is 0.255 e. The first-order valence-electron chi connectivity index (χ1n) is 8.27. The molecule has 25 heavy (non-hydrogen) atoms. The molecule has 0 atom stereocenters. The molecule has 1 aromatic heterocycles. The van der Waals surface area contributed by atoms with Crippen LogP contribution in [0.3, 0.4) is 0 Å². The van der Waals surface area contributed by atoms with Gasteiger partial charge >= 0.3 is 0 Å². The van der Waals surface area contributed by atoms with Gasteiger partial charge in [-0.15, -0.1) is 0 Å². The summed E-state index contributed by atoms with van der Waals surface area (Å²) in [6.45, 7) is 4.93. The zero-order valence-corrected chi connectivity index (χ0v) is 14.2. The number of H-pyrrole nitrogens is 1. The van der Waals surface area contributed by atoms with E-state index in [9.17, 15) is 4.79 Å². The summed E-state index contributed by atoms with van der Waals surface area (Å²) in [5.41, 5.74) is 5.42. The maximum absolute atomic E-state index is 12.6. The molecular weight excluding hydrogens is 314 g/mol. The second kappa shape index (κ2) is 6.05. The van der Waals surface area contributed by atoms with Crippen LogP contribution in [-0.4, -0.2) is 28.4 Å². The van der Waals surface area contributed by atoms with Crippen LogP contribution in [0.1, 0.15) is 29.3 Å². The highest BCUT2D eigenvalue weighted by Gasteiger charge is 2.14. The highest BCUT2D eigenvalue weighted by Crippen LogP contribution is 2.25. The maximum atomic E-state index is 12.6. The number of carbonyl (C=O) groups excluding carboxylic acids is 1. The number of nitrogens with zero attached hydrogens (tertiary/aromatic N) is 3. The lowest BCUT2D eigenvalue weighted by Crippen LogP contribution is -2.14. The van der Waals surface area contributed by atoms with Crippen LogP contribution in [0.5, 0.6) is 0 Å². The number of hydrogen-bond donors (Lipinski definition) is 2. The van der Waals surface area contributed by atoms with Crippen molar-refractivity contribution in [1.29, 1.82) is 0 Å². The van der Waals surface area contributed by atoms with Gasteiger partial charge in [-0.3, -0.25) is 14.9 Å². The molecule has 0 bridgehead atoms. The molecule has 0 aliphatic carbocycles. The fourth-order valence-corrected chi connectivity index (χ4v) is 3.02. The third kappa shape index (κ3) is 2.87. The Morgan fingerprint density at radius 3 is 2.68 bits per heavy atom. The Labute approximate surface area is 145 Å². The normalized spacial score (nSPS) is 14.0. The van der Waals surface area contributed by atoms with E-state index < -0.39 is 0 Å². The van der Waals surface area contributed by atoms with E-state index in [0.717, 1.165) is 46.5 Å². The van der Waals surface area contributed by atoms with E-state index in [4.69, 9.17) is 0 Å². The van der Waals surface area contributed by atoms with Gasteiger partial charge in [-0.2, -0.15) is 10.2 Å². The van der Waals surface area contributed by atoms with E-state index >= 15 is 0 Å². The summed E-state index contributed by atoms with van der Waals surface area (Å²) in [7, 11) is 0. The summed E-state index contributed by atoms with van der Waals surface area (Å²) in [6.07, 6.45) is 2.75. The molecule has 2 aromatic carbocycles. The standard InChI is InChI=1S/C19H19N5O/c1-12-3-8-17(18-16(12)11-20-22-18)21-19(25)14-4-6-15(7-5-14)24-10-9-13(2)23-24/h3-8,11H,9-10H2,1-2H3,(H,20,22)(H,21,25). The Kier molecular flexibility index (Phi) is 3.72. The highest BCUT2D eigenvalue weighted by atomic mass is 16.1. The van der Waals surface area contributed by atoms with Crippen LogP contribution >= 0.6 is 0 Å². The van der Waals surface area contributed by atoms with Crippen molar-refractivity contribution in [2.45, 2.75) is 20.3 Å². The summed E-state index contributed by atoms with van der Waals surface area (Å²) in [4.78, 5) is 12.6. The van der Waals surface area contributed by atoms with Crippen molar-refractivity contribution in [3.63, 3.8) is 0 Å². The fraction of sp³-hybridized carbons (Fsp3) is 0.211. The summed E-state index contributed by atoms with van der Waals surface area (Å²) < 4.78 is 0. The van der Waals surface area contributed by atoms with Crippen molar-refractivity contribution in [3.05, 3.63) is 53.7 Å². The van der Waals surface area contributed by atoms with E-state index in [1.807, 2.05) is 55.3 Å². The minimum absolute atomic E-state index is 0.146. The number of carbonyl (C=O) groups is 1. The Hall–Kier alpha value is -3.15. The molecule has 4 rings (SSSR count). The molecule has 6 heteroatoms. The van der Waals surface area contributed by atoms with Gasteiger partial charge in [0.15, 0.2) is 0 Å². The van der Waals surface area contributed by atoms with Gasteiger partial charge in [-0.25, -0.2) is 0 Å². The molecule has 2 N–H and O–H groups in total. The van der Waals surface area contributed by atoms with Crippen molar-refractivity contribution < 1.29 is 4.79 Å². The molecule has 0 fully saturated rings. The van der Waals surface area contributed by atoms with Crippen LogP contribution < -0.4 is 10.3 Å². The fourth-order valence-electron chi connectivity index (χ4n) is 3.02. The van der Waals surface area contributed by atoms with Crippen molar-refractivity contribution in [2.75, 3.05) is 16.9 Å². The van der Waals surface area contributed by atoms with Crippen LogP contribution in [0.25, 0.3) is 10.9 Å². The molecule has 0 unspecified atom stereocenters. The summed E-state index contributed by atoms with van der Waals surface area (Å²) in [5.74, 6) is -0.146. The number of anilines is 2. The van der Waals surface area contributed by atoms with Crippen molar-refractivity contribution in [3.8, 4) is 0 Å². The number of hydrogen-bond acceptors (Lipinski definition) is 4. The topological polar surface area (TPSA) is 73.4 Å². The van der Waals surface area contributed by atoms with Crippen LogP contribution in [0, 0.1) is 6.92 Å².